The molecule has 0 heterocycles. The van der Waals surface area contributed by atoms with Gasteiger partial charge in [0.2, 0.25) is 0 Å². The first-order chi connectivity index (χ1) is 7.10. The number of anilines is 1. The maximum Gasteiger partial charge on any atom is 0.0692 e. The van der Waals surface area contributed by atoms with E-state index in [-0.39, 0.29) is 19.3 Å². The van der Waals surface area contributed by atoms with E-state index in [1.807, 2.05) is 37.1 Å². The van der Waals surface area contributed by atoms with Gasteiger partial charge in [0.15, 0.2) is 0 Å². The molecule has 1 rings (SSSR count). The molecule has 1 aromatic carbocycles. The number of likely N-dealkylation sites (N-methyl/N-ethyl adjacent to an activating group) is 1. The van der Waals surface area contributed by atoms with Crippen LogP contribution in [0, 0.1) is 0 Å². The van der Waals surface area contributed by atoms with E-state index in [9.17, 15) is 0 Å². The fourth-order valence-electron chi connectivity index (χ4n) is 1.26. The Bertz CT molecular complexity index is 330. The molecule has 1 aromatic rings. The average Bonchev–Trinajstić information content (AvgIpc) is 2.26. The van der Waals surface area contributed by atoms with Crippen molar-refractivity contribution in [3.8, 4) is 0 Å². The number of halogens is 1. The molecule has 0 fully saturated rings. The Hall–Kier alpha value is -0.580. The van der Waals surface area contributed by atoms with E-state index >= 15 is 0 Å². The Kier molecular flexibility index (Phi) is 4.57. The van der Waals surface area contributed by atoms with Crippen LogP contribution in [0.15, 0.2) is 22.7 Å². The predicted octanol–water partition coefficient (Wildman–Crippen LogP) is 1.76. The molecule has 0 amide bonds. The molecule has 15 heavy (non-hydrogen) atoms. The normalized spacial score (nSPS) is 12.6. The van der Waals surface area contributed by atoms with Gasteiger partial charge in [0.25, 0.3) is 0 Å². The smallest absolute Gasteiger partial charge is 0.0692 e. The van der Waals surface area contributed by atoms with E-state index in [2.05, 4.69) is 15.9 Å². The van der Waals surface area contributed by atoms with E-state index in [0.717, 1.165) is 15.7 Å². The van der Waals surface area contributed by atoms with E-state index in [0.29, 0.717) is 0 Å². The summed E-state index contributed by atoms with van der Waals surface area (Å²) in [6.07, 6.45) is 0. The Morgan fingerprint density at radius 1 is 1.40 bits per heavy atom. The van der Waals surface area contributed by atoms with Crippen LogP contribution >= 0.6 is 15.9 Å². The van der Waals surface area contributed by atoms with E-state index in [1.54, 1.807) is 0 Å². The summed E-state index contributed by atoms with van der Waals surface area (Å²) in [6.45, 7) is 2.10. The second kappa shape index (κ2) is 5.49. The number of aliphatic hydroxyl groups is 2. The summed E-state index contributed by atoms with van der Waals surface area (Å²) in [4.78, 5) is 1.99. The monoisotopic (exact) mass is 273 g/mol. The van der Waals surface area contributed by atoms with Crippen molar-refractivity contribution in [2.45, 2.75) is 19.6 Å². The van der Waals surface area contributed by atoms with Gasteiger partial charge in [-0.25, -0.2) is 0 Å². The maximum absolute atomic E-state index is 9.04. The number of aliphatic hydroxyl groups excluding tert-OH is 2. The highest BCUT2D eigenvalue weighted by Gasteiger charge is 2.09. The number of benzene rings is 1. The van der Waals surface area contributed by atoms with Crippen molar-refractivity contribution in [2.75, 3.05) is 18.6 Å². The average molecular weight is 274 g/mol. The van der Waals surface area contributed by atoms with Crippen molar-refractivity contribution >= 4 is 21.6 Å². The van der Waals surface area contributed by atoms with Gasteiger partial charge >= 0.3 is 0 Å². The lowest BCUT2D eigenvalue weighted by molar-refractivity contribution is 0.270. The van der Waals surface area contributed by atoms with Crippen LogP contribution in [-0.4, -0.2) is 29.9 Å². The van der Waals surface area contributed by atoms with Gasteiger partial charge in [0.1, 0.15) is 0 Å². The molecule has 4 heteroatoms. The molecular formula is C11H16BrNO2. The maximum atomic E-state index is 9.04. The third-order valence-corrected chi connectivity index (χ3v) is 3.28. The number of hydrogen-bond donors (Lipinski definition) is 2. The second-order valence-electron chi connectivity index (χ2n) is 3.58. The van der Waals surface area contributed by atoms with Gasteiger partial charge < -0.3 is 15.1 Å². The van der Waals surface area contributed by atoms with Crippen LogP contribution in [0.1, 0.15) is 12.5 Å². The van der Waals surface area contributed by atoms with E-state index < -0.39 is 0 Å². The highest BCUT2D eigenvalue weighted by molar-refractivity contribution is 9.10. The third kappa shape index (κ3) is 2.93. The SMILES string of the molecule is CC(CO)N(C)c1ccc(CO)c(Br)c1. The van der Waals surface area contributed by atoms with Crippen LogP contribution in [0.25, 0.3) is 0 Å². The highest BCUT2D eigenvalue weighted by Crippen LogP contribution is 2.24. The molecule has 0 aliphatic rings. The van der Waals surface area contributed by atoms with E-state index in [4.69, 9.17) is 10.2 Å². The van der Waals surface area contributed by atoms with Gasteiger partial charge in [-0.05, 0) is 24.6 Å². The predicted molar refractivity (Wildman–Crippen MR) is 65.0 cm³/mol. The van der Waals surface area contributed by atoms with Crippen LogP contribution in [0.3, 0.4) is 0 Å². The summed E-state index contributed by atoms with van der Waals surface area (Å²) in [5.41, 5.74) is 1.88. The first-order valence-corrected chi connectivity index (χ1v) is 5.62. The molecule has 84 valence electrons. The third-order valence-electron chi connectivity index (χ3n) is 2.54. The first kappa shape index (κ1) is 12.5. The zero-order chi connectivity index (χ0) is 11.4. The standard InChI is InChI=1S/C11H16BrNO2/c1-8(6-14)13(2)10-4-3-9(7-15)11(12)5-10/h3-5,8,14-15H,6-7H2,1-2H3. The van der Waals surface area contributed by atoms with Crippen LogP contribution in [0.2, 0.25) is 0 Å². The van der Waals surface area contributed by atoms with Crippen molar-refractivity contribution in [2.24, 2.45) is 0 Å². The van der Waals surface area contributed by atoms with Crippen molar-refractivity contribution in [3.05, 3.63) is 28.2 Å². The fraction of sp³-hybridized carbons (Fsp3) is 0.455. The van der Waals surface area contributed by atoms with Crippen LogP contribution in [-0.2, 0) is 6.61 Å². The minimum atomic E-state index is 0.0279. The topological polar surface area (TPSA) is 43.7 Å². The second-order valence-corrected chi connectivity index (χ2v) is 4.43. The van der Waals surface area contributed by atoms with Gasteiger partial charge in [0, 0.05) is 23.2 Å². The zero-order valence-corrected chi connectivity index (χ0v) is 10.5. The molecule has 1 unspecified atom stereocenters. The summed E-state index contributed by atoms with van der Waals surface area (Å²) in [7, 11) is 1.93. The molecule has 0 spiro atoms. The van der Waals surface area contributed by atoms with Crippen molar-refractivity contribution in [3.63, 3.8) is 0 Å². The summed E-state index contributed by atoms with van der Waals surface area (Å²) in [5.74, 6) is 0. The summed E-state index contributed by atoms with van der Waals surface area (Å²) >= 11 is 3.40. The Labute approximate surface area is 98.5 Å². The van der Waals surface area contributed by atoms with Gasteiger partial charge in [-0.2, -0.15) is 0 Å². The van der Waals surface area contributed by atoms with Crippen molar-refractivity contribution in [1.82, 2.24) is 0 Å². The lowest BCUT2D eigenvalue weighted by Crippen LogP contribution is -2.31. The molecule has 0 saturated heterocycles. The minimum Gasteiger partial charge on any atom is -0.394 e. The first-order valence-electron chi connectivity index (χ1n) is 4.83. The van der Waals surface area contributed by atoms with E-state index in [1.165, 1.54) is 0 Å². The molecule has 0 radical (unpaired) electrons. The van der Waals surface area contributed by atoms with Crippen molar-refractivity contribution < 1.29 is 10.2 Å². The van der Waals surface area contributed by atoms with Gasteiger partial charge in [-0.15, -0.1) is 0 Å². The number of rotatable bonds is 4. The molecule has 0 aromatic heterocycles. The Balaban J connectivity index is 2.92. The van der Waals surface area contributed by atoms with Gasteiger partial charge in [-0.1, -0.05) is 22.0 Å². The Morgan fingerprint density at radius 2 is 2.07 bits per heavy atom. The molecule has 3 nitrogen and oxygen atoms in total. The van der Waals surface area contributed by atoms with Crippen molar-refractivity contribution in [1.29, 1.82) is 0 Å². The van der Waals surface area contributed by atoms with Gasteiger partial charge in [-0.3, -0.25) is 0 Å². The fourth-order valence-corrected chi connectivity index (χ4v) is 1.75. The largest absolute Gasteiger partial charge is 0.394 e. The Morgan fingerprint density at radius 3 is 2.53 bits per heavy atom. The molecule has 0 saturated carbocycles. The molecule has 0 aliphatic carbocycles. The molecule has 0 aliphatic heterocycles. The minimum absolute atomic E-state index is 0.0279. The summed E-state index contributed by atoms with van der Waals surface area (Å²) in [5, 5.41) is 18.1. The van der Waals surface area contributed by atoms with Crippen LogP contribution < -0.4 is 4.90 Å². The zero-order valence-electron chi connectivity index (χ0n) is 8.94. The number of hydrogen-bond acceptors (Lipinski definition) is 3. The molecular weight excluding hydrogens is 258 g/mol. The van der Waals surface area contributed by atoms with Crippen LogP contribution in [0.5, 0.6) is 0 Å². The van der Waals surface area contributed by atoms with Crippen LogP contribution in [0.4, 0.5) is 5.69 Å². The quantitative estimate of drug-likeness (QED) is 0.879. The number of nitrogens with zero attached hydrogens (tertiary/aromatic N) is 1. The highest BCUT2D eigenvalue weighted by atomic mass is 79.9. The molecule has 0 bridgehead atoms. The lowest BCUT2D eigenvalue weighted by atomic mass is 10.2. The molecule has 2 N–H and O–H groups in total. The van der Waals surface area contributed by atoms with Gasteiger partial charge in [0.05, 0.1) is 13.2 Å². The molecule has 1 atom stereocenters. The lowest BCUT2D eigenvalue weighted by Gasteiger charge is -2.25. The summed E-state index contributed by atoms with van der Waals surface area (Å²) in [6, 6.07) is 5.83. The summed E-state index contributed by atoms with van der Waals surface area (Å²) < 4.78 is 0.888.